The summed E-state index contributed by atoms with van der Waals surface area (Å²) in [5.74, 6) is -1.76. The largest absolute Gasteiger partial charge is 0.391 e. The highest BCUT2D eigenvalue weighted by Crippen LogP contribution is 2.39. The van der Waals surface area contributed by atoms with Crippen LogP contribution >= 0.6 is 0 Å². The van der Waals surface area contributed by atoms with E-state index in [1.54, 1.807) is 20.0 Å². The van der Waals surface area contributed by atoms with Crippen LogP contribution in [0.25, 0.3) is 0 Å². The van der Waals surface area contributed by atoms with Crippen molar-refractivity contribution in [2.24, 2.45) is 11.1 Å². The van der Waals surface area contributed by atoms with E-state index >= 15 is 0 Å². The van der Waals surface area contributed by atoms with E-state index in [1.807, 2.05) is 4.90 Å². The third kappa shape index (κ3) is 5.47. The molecule has 2 aliphatic rings. The van der Waals surface area contributed by atoms with Crippen LogP contribution in [0, 0.1) is 10.8 Å². The van der Waals surface area contributed by atoms with Gasteiger partial charge in [0.25, 0.3) is 5.91 Å². The van der Waals surface area contributed by atoms with Crippen molar-refractivity contribution >= 4 is 23.0 Å². The van der Waals surface area contributed by atoms with Crippen LogP contribution in [0.1, 0.15) is 55.8 Å². The zero-order valence-corrected chi connectivity index (χ0v) is 17.8. The first-order valence-electron chi connectivity index (χ1n) is 10.6. The summed E-state index contributed by atoms with van der Waals surface area (Å²) in [4.78, 5) is 26.3. The second-order valence-electron chi connectivity index (χ2n) is 8.78. The first-order valence-corrected chi connectivity index (χ1v) is 10.6. The number of nitroso groups, excluding NO2 is 1. The van der Waals surface area contributed by atoms with Crippen LogP contribution in [0.4, 0.5) is 30.2 Å². The molecular formula is C21H29F3N4O3. The maximum absolute atomic E-state index is 13.1. The van der Waals surface area contributed by atoms with Crippen molar-refractivity contribution in [1.82, 2.24) is 5.32 Å². The van der Waals surface area contributed by atoms with Gasteiger partial charge in [-0.1, -0.05) is 0 Å². The number of carbonyl (C=O) groups is 1. The van der Waals surface area contributed by atoms with Gasteiger partial charge >= 0.3 is 6.18 Å². The normalized spacial score (nSPS) is 23.9. The van der Waals surface area contributed by atoms with Crippen LogP contribution in [0.15, 0.2) is 17.3 Å². The molecule has 1 heterocycles. The number of benzene rings is 1. The fraction of sp³-hybridized carbons (Fsp3) is 0.667. The quantitative estimate of drug-likeness (QED) is 0.590. The summed E-state index contributed by atoms with van der Waals surface area (Å²) in [5, 5.41) is 19.0. The van der Waals surface area contributed by atoms with Crippen LogP contribution in [-0.2, 0) is 0 Å². The van der Waals surface area contributed by atoms with E-state index in [4.69, 9.17) is 0 Å². The molecule has 0 aromatic heterocycles. The Labute approximate surface area is 179 Å². The minimum atomic E-state index is -4.20. The molecule has 3 N–H and O–H groups in total. The lowest BCUT2D eigenvalue weighted by Crippen LogP contribution is -2.44. The second-order valence-corrected chi connectivity index (χ2v) is 8.78. The lowest BCUT2D eigenvalue weighted by Gasteiger charge is -2.38. The highest BCUT2D eigenvalue weighted by atomic mass is 19.4. The van der Waals surface area contributed by atoms with Crippen LogP contribution in [0.5, 0.6) is 0 Å². The molecule has 1 aromatic rings. The van der Waals surface area contributed by atoms with E-state index in [9.17, 15) is 28.0 Å². The summed E-state index contributed by atoms with van der Waals surface area (Å²) in [5.41, 5.74) is 0.652. The molecule has 1 aliphatic heterocycles. The molecule has 172 valence electrons. The van der Waals surface area contributed by atoms with Gasteiger partial charge in [0.05, 0.1) is 28.5 Å². The summed E-state index contributed by atoms with van der Waals surface area (Å²) in [6.45, 7) is 2.83. The van der Waals surface area contributed by atoms with E-state index in [0.29, 0.717) is 37.3 Å². The third-order valence-corrected chi connectivity index (χ3v) is 6.43. The molecule has 3 rings (SSSR count). The predicted octanol–water partition coefficient (Wildman–Crippen LogP) is 4.33. The Kier molecular flexibility index (Phi) is 6.78. The zero-order chi connectivity index (χ0) is 22.8. The summed E-state index contributed by atoms with van der Waals surface area (Å²) in [7, 11) is 1.65. The first kappa shape index (κ1) is 23.3. The van der Waals surface area contributed by atoms with Crippen LogP contribution in [0.3, 0.4) is 0 Å². The first-order chi connectivity index (χ1) is 14.5. The van der Waals surface area contributed by atoms with Crippen LogP contribution in [-0.4, -0.2) is 49.0 Å². The third-order valence-electron chi connectivity index (χ3n) is 6.43. The number of nitrogens with one attached hydrogen (secondary N) is 2. The molecule has 0 bridgehead atoms. The highest BCUT2D eigenvalue weighted by molar-refractivity contribution is 6.02. The van der Waals surface area contributed by atoms with Crippen molar-refractivity contribution in [3.63, 3.8) is 0 Å². The van der Waals surface area contributed by atoms with Gasteiger partial charge in [-0.3, -0.25) is 4.79 Å². The molecule has 0 spiro atoms. The van der Waals surface area contributed by atoms with E-state index in [2.05, 4.69) is 15.8 Å². The monoisotopic (exact) mass is 442 g/mol. The fourth-order valence-corrected chi connectivity index (χ4v) is 4.35. The van der Waals surface area contributed by atoms with Crippen molar-refractivity contribution in [2.45, 2.75) is 63.3 Å². The number of piperidine rings is 1. The van der Waals surface area contributed by atoms with Gasteiger partial charge in [-0.15, -0.1) is 4.91 Å². The van der Waals surface area contributed by atoms with Gasteiger partial charge in [-0.05, 0) is 62.8 Å². The smallest absolute Gasteiger partial charge is 0.390 e. The SMILES string of the molecule is CNc1cc(N2CCC(C)(O)CC2)c(C(=O)NC2CCC(C(F)(F)F)CC2)cc1N=O. The minimum Gasteiger partial charge on any atom is -0.390 e. The topological polar surface area (TPSA) is 94.0 Å². The van der Waals surface area contributed by atoms with E-state index in [1.165, 1.54) is 6.07 Å². The highest BCUT2D eigenvalue weighted by Gasteiger charge is 2.41. The van der Waals surface area contributed by atoms with Gasteiger partial charge in [-0.25, -0.2) is 0 Å². The average Bonchev–Trinajstić information content (AvgIpc) is 2.72. The van der Waals surface area contributed by atoms with Crippen molar-refractivity contribution in [3.05, 3.63) is 22.6 Å². The molecule has 1 saturated carbocycles. The molecule has 1 amide bonds. The molecule has 1 aliphatic carbocycles. The Morgan fingerprint density at radius 1 is 1.19 bits per heavy atom. The van der Waals surface area contributed by atoms with Gasteiger partial charge in [0.15, 0.2) is 0 Å². The number of rotatable bonds is 5. The number of halogens is 3. The Morgan fingerprint density at radius 2 is 1.81 bits per heavy atom. The van der Waals surface area contributed by atoms with Crippen molar-refractivity contribution < 1.29 is 23.1 Å². The molecular weight excluding hydrogens is 413 g/mol. The minimum absolute atomic E-state index is 0.0116. The molecule has 31 heavy (non-hydrogen) atoms. The molecule has 1 aromatic carbocycles. The van der Waals surface area contributed by atoms with E-state index in [-0.39, 0.29) is 43.0 Å². The van der Waals surface area contributed by atoms with Crippen molar-refractivity contribution in [2.75, 3.05) is 30.4 Å². The number of hydrogen-bond donors (Lipinski definition) is 3. The number of anilines is 2. The summed E-state index contributed by atoms with van der Waals surface area (Å²) >= 11 is 0. The van der Waals surface area contributed by atoms with Crippen LogP contribution in [0.2, 0.25) is 0 Å². The lowest BCUT2D eigenvalue weighted by atomic mass is 9.85. The lowest BCUT2D eigenvalue weighted by molar-refractivity contribution is -0.182. The van der Waals surface area contributed by atoms with Crippen LogP contribution < -0.4 is 15.5 Å². The molecule has 0 radical (unpaired) electrons. The van der Waals surface area contributed by atoms with Gasteiger partial charge in [0.2, 0.25) is 0 Å². The maximum atomic E-state index is 13.1. The van der Waals surface area contributed by atoms with Gasteiger partial charge in [-0.2, -0.15) is 13.2 Å². The number of alkyl halides is 3. The Morgan fingerprint density at radius 3 is 2.32 bits per heavy atom. The summed E-state index contributed by atoms with van der Waals surface area (Å²) < 4.78 is 38.7. The maximum Gasteiger partial charge on any atom is 0.391 e. The fourth-order valence-electron chi connectivity index (χ4n) is 4.35. The van der Waals surface area contributed by atoms with Gasteiger partial charge in [0, 0.05) is 26.2 Å². The van der Waals surface area contributed by atoms with Crippen molar-refractivity contribution in [3.8, 4) is 0 Å². The summed E-state index contributed by atoms with van der Waals surface area (Å²) in [6.07, 6.45) is -2.66. The predicted molar refractivity (Wildman–Crippen MR) is 113 cm³/mol. The number of carbonyl (C=O) groups excluding carboxylic acids is 1. The van der Waals surface area contributed by atoms with E-state index in [0.717, 1.165) is 0 Å². The summed E-state index contributed by atoms with van der Waals surface area (Å²) in [6, 6.07) is 2.75. The Bertz CT molecular complexity index is 811. The molecule has 2 fully saturated rings. The number of aliphatic hydroxyl groups is 1. The molecule has 10 heteroatoms. The Hall–Kier alpha value is -2.36. The zero-order valence-electron chi connectivity index (χ0n) is 17.8. The number of hydrogen-bond acceptors (Lipinski definition) is 6. The molecule has 1 saturated heterocycles. The number of amides is 1. The van der Waals surface area contributed by atoms with Crippen molar-refractivity contribution in [1.29, 1.82) is 0 Å². The molecule has 7 nitrogen and oxygen atoms in total. The standard InChI is InChI=1S/C21H29F3N4O3/c1-20(30)7-9-28(10-8-20)18-12-16(25-2)17(27-31)11-15(18)19(29)26-14-5-3-13(4-6-14)21(22,23)24/h11-14,25,30H,3-10H2,1-2H3,(H,26,29). The Balaban J connectivity index is 1.80. The number of nitrogens with zero attached hydrogens (tertiary/aromatic N) is 2. The van der Waals surface area contributed by atoms with E-state index < -0.39 is 23.6 Å². The second kappa shape index (κ2) is 9.02. The molecule has 0 unspecified atom stereocenters. The average molecular weight is 442 g/mol. The molecule has 0 atom stereocenters. The van der Waals surface area contributed by atoms with Gasteiger partial charge in [0.1, 0.15) is 5.69 Å². The van der Waals surface area contributed by atoms with Gasteiger partial charge < -0.3 is 20.6 Å².